The van der Waals surface area contributed by atoms with Crippen LogP contribution in [0.5, 0.6) is 0 Å². The molecule has 0 radical (unpaired) electrons. The molecule has 1 rings (SSSR count). The second kappa shape index (κ2) is 9.03. The number of hydrogen-bond donors (Lipinski definition) is 3. The Labute approximate surface area is 145 Å². The molecule has 0 heterocycles. The van der Waals surface area contributed by atoms with Crippen LogP contribution in [0.1, 0.15) is 57.6 Å². The number of aliphatic hydroxyl groups is 1. The van der Waals surface area contributed by atoms with E-state index in [9.17, 15) is 19.8 Å². The van der Waals surface area contributed by atoms with E-state index < -0.39 is 23.5 Å². The summed E-state index contributed by atoms with van der Waals surface area (Å²) in [6.07, 6.45) is 2.47. The molecule has 1 amide bonds. The highest BCUT2D eigenvalue weighted by molar-refractivity contribution is 9.10. The molecule has 128 valence electrons. The second-order valence-electron chi connectivity index (χ2n) is 5.79. The van der Waals surface area contributed by atoms with Crippen molar-refractivity contribution in [1.29, 1.82) is 0 Å². The van der Waals surface area contributed by atoms with E-state index >= 15 is 0 Å². The van der Waals surface area contributed by atoms with Crippen LogP contribution in [-0.2, 0) is 9.59 Å². The predicted octanol–water partition coefficient (Wildman–Crippen LogP) is 3.41. The van der Waals surface area contributed by atoms with Gasteiger partial charge in [0, 0.05) is 4.47 Å². The smallest absolute Gasteiger partial charge is 0.330 e. The molecule has 0 saturated heterocycles. The third kappa shape index (κ3) is 6.31. The van der Waals surface area contributed by atoms with Crippen LogP contribution in [0.15, 0.2) is 28.7 Å². The highest BCUT2D eigenvalue weighted by atomic mass is 79.9. The zero-order valence-corrected chi connectivity index (χ0v) is 15.1. The Morgan fingerprint density at radius 3 is 2.13 bits per heavy atom. The number of benzene rings is 1. The number of carboxylic acid groups (broad SMARTS) is 1. The fourth-order valence-corrected chi connectivity index (χ4v) is 2.95. The number of rotatable bonds is 9. The van der Waals surface area contributed by atoms with Gasteiger partial charge in [-0.05, 0) is 30.5 Å². The van der Waals surface area contributed by atoms with Gasteiger partial charge in [-0.2, -0.15) is 0 Å². The van der Waals surface area contributed by atoms with Crippen molar-refractivity contribution in [3.63, 3.8) is 0 Å². The van der Waals surface area contributed by atoms with Gasteiger partial charge in [-0.25, -0.2) is 4.79 Å². The van der Waals surface area contributed by atoms with E-state index in [-0.39, 0.29) is 6.42 Å². The topological polar surface area (TPSA) is 86.6 Å². The first-order valence-electron chi connectivity index (χ1n) is 7.81. The van der Waals surface area contributed by atoms with E-state index in [1.165, 1.54) is 0 Å². The molecule has 6 heteroatoms. The van der Waals surface area contributed by atoms with Crippen LogP contribution < -0.4 is 5.32 Å². The fourth-order valence-electron chi connectivity index (χ4n) is 2.69. The Kier molecular flexibility index (Phi) is 7.72. The molecular weight excluding hydrogens is 362 g/mol. The highest BCUT2D eigenvalue weighted by Crippen LogP contribution is 2.24. The van der Waals surface area contributed by atoms with Crippen LogP contribution in [0.2, 0.25) is 0 Å². The number of carboxylic acids is 1. The molecule has 0 aliphatic rings. The Hall–Kier alpha value is -1.40. The second-order valence-corrected chi connectivity index (χ2v) is 6.71. The lowest BCUT2D eigenvalue weighted by molar-refractivity contribution is -0.143. The largest absolute Gasteiger partial charge is 0.479 e. The molecule has 0 spiro atoms. The molecule has 5 nitrogen and oxygen atoms in total. The summed E-state index contributed by atoms with van der Waals surface area (Å²) >= 11 is 3.29. The summed E-state index contributed by atoms with van der Waals surface area (Å²) in [6, 6.07) is 5.62. The summed E-state index contributed by atoms with van der Waals surface area (Å²) in [4.78, 5) is 23.7. The Morgan fingerprint density at radius 2 is 1.70 bits per heavy atom. The van der Waals surface area contributed by atoms with Gasteiger partial charge in [-0.15, -0.1) is 0 Å². The van der Waals surface area contributed by atoms with Gasteiger partial charge >= 0.3 is 5.97 Å². The maximum absolute atomic E-state index is 12.2. The van der Waals surface area contributed by atoms with E-state index in [0.29, 0.717) is 18.4 Å². The Morgan fingerprint density at radius 1 is 1.17 bits per heavy atom. The number of carbonyl (C=O) groups is 2. The lowest BCUT2D eigenvalue weighted by atomic mass is 9.89. The lowest BCUT2D eigenvalue weighted by Gasteiger charge is -2.27. The molecular formula is C17H24BrNO4. The lowest BCUT2D eigenvalue weighted by Crippen LogP contribution is -2.40. The maximum Gasteiger partial charge on any atom is 0.330 e. The third-order valence-corrected chi connectivity index (χ3v) is 4.20. The molecule has 0 aliphatic heterocycles. The molecule has 1 aromatic rings. The molecule has 1 aromatic carbocycles. The van der Waals surface area contributed by atoms with Crippen molar-refractivity contribution in [3.8, 4) is 0 Å². The summed E-state index contributed by atoms with van der Waals surface area (Å²) < 4.78 is 0.831. The predicted molar refractivity (Wildman–Crippen MR) is 92.0 cm³/mol. The van der Waals surface area contributed by atoms with Gasteiger partial charge in [0.15, 0.2) is 6.04 Å². The van der Waals surface area contributed by atoms with Crippen LogP contribution in [-0.4, -0.2) is 27.7 Å². The number of carbonyl (C=O) groups excluding carboxylic acids is 1. The minimum Gasteiger partial charge on any atom is -0.479 e. The maximum atomic E-state index is 12.2. The van der Waals surface area contributed by atoms with E-state index in [1.807, 2.05) is 13.8 Å². The van der Waals surface area contributed by atoms with Crippen LogP contribution in [0.3, 0.4) is 0 Å². The van der Waals surface area contributed by atoms with Gasteiger partial charge in [0.05, 0.1) is 12.0 Å². The molecule has 0 fully saturated rings. The molecule has 0 saturated carbocycles. The normalized spacial score (nSPS) is 12.7. The van der Waals surface area contributed by atoms with Gasteiger partial charge in [-0.1, -0.05) is 54.8 Å². The average molecular weight is 386 g/mol. The molecule has 3 N–H and O–H groups in total. The van der Waals surface area contributed by atoms with E-state index in [4.69, 9.17) is 0 Å². The molecule has 1 unspecified atom stereocenters. The monoisotopic (exact) mass is 385 g/mol. The summed E-state index contributed by atoms with van der Waals surface area (Å²) in [5.74, 6) is -1.58. The van der Waals surface area contributed by atoms with Crippen molar-refractivity contribution in [3.05, 3.63) is 34.3 Å². The van der Waals surface area contributed by atoms with Gasteiger partial charge in [-0.3, -0.25) is 4.79 Å². The number of halogens is 1. The van der Waals surface area contributed by atoms with Crippen molar-refractivity contribution in [1.82, 2.24) is 5.32 Å². The van der Waals surface area contributed by atoms with E-state index in [1.54, 1.807) is 24.3 Å². The average Bonchev–Trinajstić information content (AvgIpc) is 2.46. The zero-order chi connectivity index (χ0) is 17.5. The van der Waals surface area contributed by atoms with Crippen LogP contribution in [0, 0.1) is 0 Å². The fraction of sp³-hybridized carbons (Fsp3) is 0.529. The van der Waals surface area contributed by atoms with Gasteiger partial charge < -0.3 is 15.5 Å². The quantitative estimate of drug-likeness (QED) is 0.607. The van der Waals surface area contributed by atoms with Gasteiger partial charge in [0.1, 0.15) is 0 Å². The zero-order valence-electron chi connectivity index (χ0n) is 13.5. The Balaban J connectivity index is 2.82. The van der Waals surface area contributed by atoms with Gasteiger partial charge in [0.25, 0.3) is 0 Å². The Bertz CT molecular complexity index is 524. The molecule has 23 heavy (non-hydrogen) atoms. The first-order valence-corrected chi connectivity index (χ1v) is 8.60. The first kappa shape index (κ1) is 19.6. The standard InChI is InChI=1S/C17H24BrNO4/c1-3-9-17(23,10-4-2)11-14(20)19-15(16(21)22)12-5-7-13(18)8-6-12/h5-8,15,23H,3-4,9-11H2,1-2H3,(H,19,20)(H,21,22). The number of amides is 1. The number of hydrogen-bond acceptors (Lipinski definition) is 3. The van der Waals surface area contributed by atoms with Crippen molar-refractivity contribution in [2.75, 3.05) is 0 Å². The van der Waals surface area contributed by atoms with Crippen LogP contribution >= 0.6 is 15.9 Å². The summed E-state index contributed by atoms with van der Waals surface area (Å²) in [7, 11) is 0. The van der Waals surface area contributed by atoms with Crippen molar-refractivity contribution >= 4 is 27.8 Å². The van der Waals surface area contributed by atoms with E-state index in [2.05, 4.69) is 21.2 Å². The van der Waals surface area contributed by atoms with Gasteiger partial charge in [0.2, 0.25) is 5.91 Å². The number of nitrogens with one attached hydrogen (secondary N) is 1. The third-order valence-electron chi connectivity index (χ3n) is 3.68. The van der Waals surface area contributed by atoms with E-state index in [0.717, 1.165) is 17.3 Å². The minimum atomic E-state index is -1.13. The van der Waals surface area contributed by atoms with Crippen LogP contribution in [0.4, 0.5) is 0 Å². The number of aliphatic carboxylic acids is 1. The SMILES string of the molecule is CCCC(O)(CCC)CC(=O)NC(C(=O)O)c1ccc(Br)cc1. The summed E-state index contributed by atoms with van der Waals surface area (Å²) in [5.41, 5.74) is -0.584. The van der Waals surface area contributed by atoms with Crippen LogP contribution in [0.25, 0.3) is 0 Å². The van der Waals surface area contributed by atoms with Crippen molar-refractivity contribution in [2.45, 2.75) is 57.6 Å². The molecule has 0 aromatic heterocycles. The first-order chi connectivity index (χ1) is 10.8. The molecule has 0 aliphatic carbocycles. The molecule has 0 bridgehead atoms. The summed E-state index contributed by atoms with van der Waals surface area (Å²) in [6.45, 7) is 3.89. The highest BCUT2D eigenvalue weighted by Gasteiger charge is 2.30. The van der Waals surface area contributed by atoms with Crippen molar-refractivity contribution < 1.29 is 19.8 Å². The minimum absolute atomic E-state index is 0.0883. The van der Waals surface area contributed by atoms with Crippen molar-refractivity contribution in [2.24, 2.45) is 0 Å². The summed E-state index contributed by atoms with van der Waals surface area (Å²) in [5, 5.41) is 22.4. The molecule has 1 atom stereocenters.